The van der Waals surface area contributed by atoms with E-state index in [9.17, 15) is 18.0 Å². The van der Waals surface area contributed by atoms with Gasteiger partial charge in [-0.15, -0.1) is 0 Å². The summed E-state index contributed by atoms with van der Waals surface area (Å²) in [7, 11) is -3.96. The second kappa shape index (κ2) is 7.88. The van der Waals surface area contributed by atoms with Crippen LogP contribution in [0.15, 0.2) is 29.2 Å². The quantitative estimate of drug-likeness (QED) is 0.852. The average Bonchev–Trinajstić information content (AvgIpc) is 3.11. The Morgan fingerprint density at radius 1 is 1.04 bits per heavy atom. The molecule has 0 aromatic heterocycles. The highest BCUT2D eigenvalue weighted by Crippen LogP contribution is 2.23. The highest BCUT2D eigenvalue weighted by Gasteiger charge is 2.38. The van der Waals surface area contributed by atoms with Crippen molar-refractivity contribution < 1.29 is 18.0 Å². The Morgan fingerprint density at radius 2 is 1.67 bits per heavy atom. The standard InChI is InChI=1S/C19H27N3O4S/c1-14-5-7-16(8-6-14)27(25,26)20-19(24)22-11-3-4-17(22)18(23)21-12-9-15(2)10-13-21/h5-8,15,17H,3-4,9-13H2,1-2H3,(H,20,24)/t17-/m0/s1. The number of hydrogen-bond donors (Lipinski definition) is 1. The molecular formula is C19H27N3O4S. The Hall–Kier alpha value is -2.09. The number of amides is 3. The number of carbonyl (C=O) groups excluding carboxylic acids is 2. The zero-order chi connectivity index (χ0) is 19.6. The minimum atomic E-state index is -3.96. The van der Waals surface area contributed by atoms with Gasteiger partial charge in [-0.1, -0.05) is 24.6 Å². The van der Waals surface area contributed by atoms with E-state index in [2.05, 4.69) is 11.6 Å². The summed E-state index contributed by atoms with van der Waals surface area (Å²) in [5.74, 6) is 0.541. The molecule has 2 saturated heterocycles. The maximum Gasteiger partial charge on any atom is 0.331 e. The summed E-state index contributed by atoms with van der Waals surface area (Å²) < 4.78 is 27.1. The van der Waals surface area contributed by atoms with Crippen molar-refractivity contribution >= 4 is 22.0 Å². The summed E-state index contributed by atoms with van der Waals surface area (Å²) in [6.07, 6.45) is 3.19. The van der Waals surface area contributed by atoms with Crippen molar-refractivity contribution in [3.05, 3.63) is 29.8 Å². The molecule has 0 spiro atoms. The molecule has 3 rings (SSSR count). The van der Waals surface area contributed by atoms with Crippen molar-refractivity contribution in [2.24, 2.45) is 5.92 Å². The van der Waals surface area contributed by atoms with Crippen LogP contribution in [0.1, 0.15) is 38.2 Å². The van der Waals surface area contributed by atoms with Gasteiger partial charge in [-0.2, -0.15) is 0 Å². The van der Waals surface area contributed by atoms with E-state index >= 15 is 0 Å². The number of hydrogen-bond acceptors (Lipinski definition) is 4. The highest BCUT2D eigenvalue weighted by atomic mass is 32.2. The van der Waals surface area contributed by atoms with E-state index in [-0.39, 0.29) is 10.8 Å². The lowest BCUT2D eigenvalue weighted by atomic mass is 9.98. The van der Waals surface area contributed by atoms with Gasteiger partial charge >= 0.3 is 6.03 Å². The lowest BCUT2D eigenvalue weighted by Gasteiger charge is -2.34. The topological polar surface area (TPSA) is 86.8 Å². The van der Waals surface area contributed by atoms with E-state index in [4.69, 9.17) is 0 Å². The van der Waals surface area contributed by atoms with Gasteiger partial charge in [-0.25, -0.2) is 17.9 Å². The number of rotatable bonds is 3. The van der Waals surface area contributed by atoms with Crippen LogP contribution in [0, 0.1) is 12.8 Å². The first-order valence-electron chi connectivity index (χ1n) is 9.47. The minimum Gasteiger partial charge on any atom is -0.341 e. The largest absolute Gasteiger partial charge is 0.341 e. The summed E-state index contributed by atoms with van der Waals surface area (Å²) in [4.78, 5) is 28.7. The molecule has 8 heteroatoms. The number of nitrogens with zero attached hydrogens (tertiary/aromatic N) is 2. The minimum absolute atomic E-state index is 0.0357. The zero-order valence-electron chi connectivity index (χ0n) is 15.8. The normalized spacial score (nSPS) is 21.3. The Balaban J connectivity index is 1.68. The van der Waals surface area contributed by atoms with Gasteiger partial charge in [0.1, 0.15) is 6.04 Å². The molecule has 1 aromatic carbocycles. The molecule has 1 atom stereocenters. The molecular weight excluding hydrogens is 366 g/mol. The third-order valence-electron chi connectivity index (χ3n) is 5.45. The number of piperidine rings is 1. The SMILES string of the molecule is Cc1ccc(S(=O)(=O)NC(=O)N2CCC[C@H]2C(=O)N2CCC(C)CC2)cc1. The number of aryl methyl sites for hydroxylation is 1. The van der Waals surface area contributed by atoms with Gasteiger partial charge in [0.2, 0.25) is 5.91 Å². The van der Waals surface area contributed by atoms with Crippen LogP contribution in [0.25, 0.3) is 0 Å². The Morgan fingerprint density at radius 3 is 2.30 bits per heavy atom. The van der Waals surface area contributed by atoms with Crippen LogP contribution in [-0.2, 0) is 14.8 Å². The molecule has 0 aliphatic carbocycles. The first-order valence-corrected chi connectivity index (χ1v) is 10.9. The molecule has 0 unspecified atom stereocenters. The number of sulfonamides is 1. The number of nitrogens with one attached hydrogen (secondary N) is 1. The number of benzene rings is 1. The van der Waals surface area contributed by atoms with Crippen molar-refractivity contribution in [2.45, 2.75) is 50.5 Å². The Bertz CT molecular complexity index is 799. The van der Waals surface area contributed by atoms with Crippen LogP contribution in [0.3, 0.4) is 0 Å². The molecule has 2 aliphatic heterocycles. The second-order valence-corrected chi connectivity index (χ2v) is 9.27. The third-order valence-corrected chi connectivity index (χ3v) is 6.78. The van der Waals surface area contributed by atoms with E-state index in [1.54, 1.807) is 12.1 Å². The van der Waals surface area contributed by atoms with E-state index < -0.39 is 22.1 Å². The van der Waals surface area contributed by atoms with E-state index in [0.717, 1.165) is 18.4 Å². The summed E-state index contributed by atoms with van der Waals surface area (Å²) in [5, 5.41) is 0. The second-order valence-electron chi connectivity index (χ2n) is 7.58. The zero-order valence-corrected chi connectivity index (χ0v) is 16.7. The first-order chi connectivity index (χ1) is 12.8. The number of likely N-dealkylation sites (tertiary alicyclic amines) is 2. The van der Waals surface area contributed by atoms with Gasteiger partial charge in [0, 0.05) is 19.6 Å². The fourth-order valence-electron chi connectivity index (χ4n) is 3.66. The number of urea groups is 1. The molecule has 1 N–H and O–H groups in total. The van der Waals surface area contributed by atoms with Crippen molar-refractivity contribution in [3.63, 3.8) is 0 Å². The summed E-state index contributed by atoms with van der Waals surface area (Å²) in [6, 6.07) is 4.99. The van der Waals surface area contributed by atoms with Gasteiger partial charge in [-0.3, -0.25) is 4.79 Å². The molecule has 0 bridgehead atoms. The first kappa shape index (κ1) is 19.7. The average molecular weight is 394 g/mol. The monoisotopic (exact) mass is 393 g/mol. The molecule has 2 heterocycles. The predicted molar refractivity (Wildman–Crippen MR) is 102 cm³/mol. The molecule has 1 aromatic rings. The predicted octanol–water partition coefficient (Wildman–Crippen LogP) is 2.12. The van der Waals surface area contributed by atoms with Crippen molar-refractivity contribution in [2.75, 3.05) is 19.6 Å². The summed E-state index contributed by atoms with van der Waals surface area (Å²) in [5.41, 5.74) is 0.932. The van der Waals surface area contributed by atoms with E-state index in [1.165, 1.54) is 17.0 Å². The van der Waals surface area contributed by atoms with Crippen LogP contribution in [0.5, 0.6) is 0 Å². The van der Waals surface area contributed by atoms with Crippen molar-refractivity contribution in [3.8, 4) is 0 Å². The molecule has 0 radical (unpaired) electrons. The summed E-state index contributed by atoms with van der Waals surface area (Å²) in [6.45, 7) is 5.82. The van der Waals surface area contributed by atoms with Gasteiger partial charge < -0.3 is 9.80 Å². The van der Waals surface area contributed by atoms with Gasteiger partial charge in [0.25, 0.3) is 10.0 Å². The van der Waals surface area contributed by atoms with Crippen LogP contribution < -0.4 is 4.72 Å². The maximum atomic E-state index is 12.8. The van der Waals surface area contributed by atoms with Gasteiger partial charge in [0.15, 0.2) is 0 Å². The fraction of sp³-hybridized carbons (Fsp3) is 0.579. The molecule has 7 nitrogen and oxygen atoms in total. The lowest BCUT2D eigenvalue weighted by molar-refractivity contribution is -0.136. The van der Waals surface area contributed by atoms with Crippen molar-refractivity contribution in [1.29, 1.82) is 0 Å². The molecule has 0 saturated carbocycles. The number of carbonyl (C=O) groups is 2. The van der Waals surface area contributed by atoms with Crippen LogP contribution in [0.4, 0.5) is 4.79 Å². The summed E-state index contributed by atoms with van der Waals surface area (Å²) >= 11 is 0. The molecule has 27 heavy (non-hydrogen) atoms. The van der Waals surface area contributed by atoms with E-state index in [1.807, 2.05) is 11.8 Å². The highest BCUT2D eigenvalue weighted by molar-refractivity contribution is 7.90. The van der Waals surface area contributed by atoms with Crippen LogP contribution in [0.2, 0.25) is 0 Å². The molecule has 2 fully saturated rings. The Labute approximate surface area is 160 Å². The van der Waals surface area contributed by atoms with Gasteiger partial charge in [0.05, 0.1) is 4.90 Å². The van der Waals surface area contributed by atoms with Crippen LogP contribution in [-0.4, -0.2) is 55.8 Å². The molecule has 3 amide bonds. The third kappa shape index (κ3) is 4.43. The maximum absolute atomic E-state index is 12.8. The molecule has 148 valence electrons. The van der Waals surface area contributed by atoms with Gasteiger partial charge in [-0.05, 0) is 50.7 Å². The van der Waals surface area contributed by atoms with Crippen molar-refractivity contribution in [1.82, 2.24) is 14.5 Å². The molecule has 2 aliphatic rings. The Kier molecular flexibility index (Phi) is 5.74. The lowest BCUT2D eigenvalue weighted by Crippen LogP contribution is -2.52. The van der Waals surface area contributed by atoms with E-state index in [0.29, 0.717) is 38.4 Å². The fourth-order valence-corrected chi connectivity index (χ4v) is 4.62. The van der Waals surface area contributed by atoms with Crippen LogP contribution >= 0.6 is 0 Å². The smallest absolute Gasteiger partial charge is 0.331 e.